The molecule has 1 amide bonds. The summed E-state index contributed by atoms with van der Waals surface area (Å²) in [6.07, 6.45) is 4.56. The van der Waals surface area contributed by atoms with Gasteiger partial charge in [0.2, 0.25) is 5.91 Å². The number of carbonyl (C=O) groups is 1. The van der Waals surface area contributed by atoms with Crippen LogP contribution in [0.15, 0.2) is 42.5 Å². The van der Waals surface area contributed by atoms with Crippen molar-refractivity contribution in [2.75, 3.05) is 6.54 Å². The first-order valence-corrected chi connectivity index (χ1v) is 6.30. The number of aromatic hydroxyl groups is 1. The second kappa shape index (κ2) is 6.05. The molecule has 0 unspecified atom stereocenters. The molecule has 2 N–H and O–H groups in total. The van der Waals surface area contributed by atoms with E-state index in [9.17, 15) is 9.90 Å². The van der Waals surface area contributed by atoms with E-state index in [0.29, 0.717) is 12.3 Å². The monoisotopic (exact) mass is 255 g/mol. The largest absolute Gasteiger partial charge is 0.507 e. The number of fused-ring (bicyclic) bond motifs is 1. The van der Waals surface area contributed by atoms with Crippen molar-refractivity contribution in [2.45, 2.75) is 13.3 Å². The summed E-state index contributed by atoms with van der Waals surface area (Å²) in [6.45, 7) is 2.11. The molecule has 0 saturated carbocycles. The Bertz CT molecular complexity index is 617. The van der Waals surface area contributed by atoms with Crippen molar-refractivity contribution in [3.8, 4) is 5.75 Å². The number of benzene rings is 2. The highest BCUT2D eigenvalue weighted by Crippen LogP contribution is 2.29. The van der Waals surface area contributed by atoms with Crippen molar-refractivity contribution in [3.05, 3.63) is 48.0 Å². The van der Waals surface area contributed by atoms with Crippen LogP contribution in [0.3, 0.4) is 0 Å². The number of rotatable bonds is 4. The molecule has 0 aliphatic heterocycles. The molecule has 0 spiro atoms. The predicted molar refractivity (Wildman–Crippen MR) is 77.9 cm³/mol. The highest BCUT2D eigenvalue weighted by molar-refractivity contribution is 5.91. The number of hydrogen-bond acceptors (Lipinski definition) is 2. The van der Waals surface area contributed by atoms with E-state index >= 15 is 0 Å². The molecule has 98 valence electrons. The average molecular weight is 255 g/mol. The van der Waals surface area contributed by atoms with Crippen LogP contribution in [0.5, 0.6) is 5.75 Å². The van der Waals surface area contributed by atoms with E-state index in [1.165, 1.54) is 6.92 Å². The van der Waals surface area contributed by atoms with Crippen molar-refractivity contribution < 1.29 is 9.90 Å². The molecule has 2 aromatic carbocycles. The maximum Gasteiger partial charge on any atom is 0.216 e. The van der Waals surface area contributed by atoms with Crippen LogP contribution in [0.2, 0.25) is 0 Å². The first-order valence-electron chi connectivity index (χ1n) is 6.30. The lowest BCUT2D eigenvalue weighted by Gasteiger charge is -2.04. The molecule has 0 bridgehead atoms. The quantitative estimate of drug-likeness (QED) is 0.825. The fraction of sp³-hybridized carbons (Fsp3) is 0.188. The smallest absolute Gasteiger partial charge is 0.216 e. The van der Waals surface area contributed by atoms with Gasteiger partial charge in [0.25, 0.3) is 0 Å². The molecule has 3 nitrogen and oxygen atoms in total. The highest BCUT2D eigenvalue weighted by Gasteiger charge is 2.02. The average Bonchev–Trinajstić information content (AvgIpc) is 2.41. The summed E-state index contributed by atoms with van der Waals surface area (Å²) in [5.74, 6) is 0.274. The molecule has 3 heteroatoms. The van der Waals surface area contributed by atoms with Gasteiger partial charge in [0.1, 0.15) is 5.75 Å². The lowest BCUT2D eigenvalue weighted by atomic mass is 10.0. The van der Waals surface area contributed by atoms with Crippen LogP contribution in [0.1, 0.15) is 18.9 Å². The summed E-state index contributed by atoms with van der Waals surface area (Å²) in [5.41, 5.74) is 0.793. The first kappa shape index (κ1) is 13.1. The van der Waals surface area contributed by atoms with Gasteiger partial charge in [-0.3, -0.25) is 4.79 Å². The predicted octanol–water partition coefficient (Wildman–Crippen LogP) is 3.08. The molecule has 0 aromatic heterocycles. The second-order valence-electron chi connectivity index (χ2n) is 4.40. The molecule has 2 rings (SSSR count). The van der Waals surface area contributed by atoms with E-state index in [0.717, 1.165) is 22.8 Å². The van der Waals surface area contributed by atoms with Gasteiger partial charge in [0, 0.05) is 24.4 Å². The third-order valence-corrected chi connectivity index (χ3v) is 2.91. The van der Waals surface area contributed by atoms with E-state index in [2.05, 4.69) is 5.32 Å². The van der Waals surface area contributed by atoms with E-state index < -0.39 is 0 Å². The van der Waals surface area contributed by atoms with Crippen molar-refractivity contribution >= 4 is 22.8 Å². The maximum atomic E-state index is 10.7. The van der Waals surface area contributed by atoms with Gasteiger partial charge < -0.3 is 10.4 Å². The Kier molecular flexibility index (Phi) is 4.18. The number of nitrogens with one attached hydrogen (secondary N) is 1. The molecule has 2 aromatic rings. The zero-order chi connectivity index (χ0) is 13.7. The van der Waals surface area contributed by atoms with Gasteiger partial charge in [-0.2, -0.15) is 0 Å². The van der Waals surface area contributed by atoms with Gasteiger partial charge in [-0.15, -0.1) is 0 Å². The second-order valence-corrected chi connectivity index (χ2v) is 4.40. The van der Waals surface area contributed by atoms with Crippen molar-refractivity contribution in [3.63, 3.8) is 0 Å². The van der Waals surface area contributed by atoms with Crippen LogP contribution >= 0.6 is 0 Å². The Morgan fingerprint density at radius 3 is 2.84 bits per heavy atom. The lowest BCUT2D eigenvalue weighted by molar-refractivity contribution is -0.118. The molecular formula is C16H17NO2. The number of hydrogen-bond donors (Lipinski definition) is 2. The zero-order valence-electron chi connectivity index (χ0n) is 10.9. The van der Waals surface area contributed by atoms with Gasteiger partial charge in [-0.25, -0.2) is 0 Å². The maximum absolute atomic E-state index is 10.7. The van der Waals surface area contributed by atoms with Crippen LogP contribution in [0, 0.1) is 0 Å². The Morgan fingerprint density at radius 1 is 1.26 bits per heavy atom. The van der Waals surface area contributed by atoms with Crippen molar-refractivity contribution in [2.24, 2.45) is 0 Å². The molecule has 0 aliphatic rings. The summed E-state index contributed by atoms with van der Waals surface area (Å²) >= 11 is 0. The Labute approximate surface area is 112 Å². The summed E-state index contributed by atoms with van der Waals surface area (Å²) in [7, 11) is 0. The van der Waals surface area contributed by atoms with Crippen LogP contribution in [0.4, 0.5) is 0 Å². The molecule has 0 radical (unpaired) electrons. The van der Waals surface area contributed by atoms with Gasteiger partial charge in [0.05, 0.1) is 0 Å². The summed E-state index contributed by atoms with van der Waals surface area (Å²) < 4.78 is 0. The van der Waals surface area contributed by atoms with Gasteiger partial charge in [0.15, 0.2) is 0 Å². The minimum Gasteiger partial charge on any atom is -0.507 e. The van der Waals surface area contributed by atoms with E-state index in [4.69, 9.17) is 0 Å². The molecule has 0 fully saturated rings. The van der Waals surface area contributed by atoms with Crippen LogP contribution < -0.4 is 5.32 Å². The normalized spacial score (nSPS) is 11.0. The summed E-state index contributed by atoms with van der Waals surface area (Å²) in [5, 5.41) is 14.8. The molecule has 0 saturated heterocycles. The van der Waals surface area contributed by atoms with Crippen molar-refractivity contribution in [1.82, 2.24) is 5.32 Å². The van der Waals surface area contributed by atoms with E-state index in [1.54, 1.807) is 0 Å². The van der Waals surface area contributed by atoms with Crippen LogP contribution in [-0.2, 0) is 4.79 Å². The van der Waals surface area contributed by atoms with E-state index in [1.807, 2.05) is 48.6 Å². The fourth-order valence-electron chi connectivity index (χ4n) is 1.95. The van der Waals surface area contributed by atoms with Gasteiger partial charge >= 0.3 is 0 Å². The Balaban J connectivity index is 2.10. The number of phenols is 1. The van der Waals surface area contributed by atoms with Gasteiger partial charge in [-0.05, 0) is 11.8 Å². The van der Waals surface area contributed by atoms with Crippen LogP contribution in [-0.4, -0.2) is 17.6 Å². The SMILES string of the molecule is CC(=O)NCCC=Cc1ccc2ccccc2c1O. The van der Waals surface area contributed by atoms with E-state index in [-0.39, 0.29) is 5.91 Å². The highest BCUT2D eigenvalue weighted by atomic mass is 16.3. The number of phenolic OH excluding ortho intramolecular Hbond substituents is 1. The van der Waals surface area contributed by atoms with Crippen molar-refractivity contribution in [1.29, 1.82) is 0 Å². The summed E-state index contributed by atoms with van der Waals surface area (Å²) in [4.78, 5) is 10.7. The first-order chi connectivity index (χ1) is 9.18. The Morgan fingerprint density at radius 2 is 2.05 bits per heavy atom. The van der Waals surface area contributed by atoms with Gasteiger partial charge in [-0.1, -0.05) is 48.6 Å². The third-order valence-electron chi connectivity index (χ3n) is 2.91. The minimum absolute atomic E-state index is 0.0260. The summed E-state index contributed by atoms with van der Waals surface area (Å²) in [6, 6.07) is 11.6. The minimum atomic E-state index is -0.0260. The Hall–Kier alpha value is -2.29. The number of carbonyl (C=O) groups excluding carboxylic acids is 1. The molecule has 19 heavy (non-hydrogen) atoms. The molecule has 0 atom stereocenters. The zero-order valence-corrected chi connectivity index (χ0v) is 10.9. The lowest BCUT2D eigenvalue weighted by Crippen LogP contribution is -2.20. The molecular weight excluding hydrogens is 238 g/mol. The molecule has 0 aliphatic carbocycles. The van der Waals surface area contributed by atoms with Crippen LogP contribution in [0.25, 0.3) is 16.8 Å². The third kappa shape index (κ3) is 3.35. The molecule has 0 heterocycles. The topological polar surface area (TPSA) is 49.3 Å². The number of amides is 1. The standard InChI is InChI=1S/C16H17NO2/c1-12(18)17-11-5-4-7-14-10-9-13-6-2-3-8-15(13)16(14)19/h2-4,6-10,19H,5,11H2,1H3,(H,17,18). The fourth-order valence-corrected chi connectivity index (χ4v) is 1.95.